The number of nitriles is 1. The van der Waals surface area contributed by atoms with Crippen LogP contribution >= 0.6 is 0 Å². The maximum Gasteiger partial charge on any atom is 0.266 e. The molecule has 1 aliphatic rings. The Kier molecular flexibility index (Phi) is 5.16. The van der Waals surface area contributed by atoms with Crippen LogP contribution in [0.25, 0.3) is 0 Å². The highest BCUT2D eigenvalue weighted by Gasteiger charge is 2.20. The molecule has 1 fully saturated rings. The first-order valence-electron chi connectivity index (χ1n) is 8.71. The molecular weight excluding hydrogens is 334 g/mol. The van der Waals surface area contributed by atoms with Crippen molar-refractivity contribution in [3.05, 3.63) is 44.5 Å². The lowest BCUT2D eigenvalue weighted by Crippen LogP contribution is -2.34. The van der Waals surface area contributed by atoms with Gasteiger partial charge in [0, 0.05) is 25.1 Å². The summed E-state index contributed by atoms with van der Waals surface area (Å²) >= 11 is 0. The number of carbonyl (C=O) groups is 1. The first kappa shape index (κ1) is 17.9. The zero-order valence-corrected chi connectivity index (χ0v) is 15.0. The van der Waals surface area contributed by atoms with E-state index in [-0.39, 0.29) is 17.0 Å². The summed E-state index contributed by atoms with van der Waals surface area (Å²) in [5.41, 5.74) is 2.11. The quantitative estimate of drug-likeness (QED) is 0.870. The molecule has 2 aromatic heterocycles. The van der Waals surface area contributed by atoms with E-state index in [1.165, 1.54) is 0 Å². The number of rotatable bonds is 5. The standard InChI is InChI=1S/C18H21N5O3/c1-11-13(12(2)20-18(25)14(11)9-19)6-7-16-21-15(22-26-16)10-23-8-4-3-5-17(23)24/h3-8,10H2,1-2H3,(H,20,25). The van der Waals surface area contributed by atoms with Crippen molar-refractivity contribution in [3.63, 3.8) is 0 Å². The van der Waals surface area contributed by atoms with E-state index in [4.69, 9.17) is 9.78 Å². The number of nitrogens with zero attached hydrogens (tertiary/aromatic N) is 4. The number of likely N-dealkylation sites (tertiary alicyclic amines) is 1. The minimum absolute atomic E-state index is 0.131. The highest BCUT2D eigenvalue weighted by atomic mass is 16.5. The van der Waals surface area contributed by atoms with E-state index < -0.39 is 0 Å². The highest BCUT2D eigenvalue weighted by molar-refractivity contribution is 5.76. The van der Waals surface area contributed by atoms with Gasteiger partial charge >= 0.3 is 0 Å². The lowest BCUT2D eigenvalue weighted by atomic mass is 9.99. The maximum absolute atomic E-state index is 11.9. The molecule has 0 unspecified atom stereocenters. The van der Waals surface area contributed by atoms with Gasteiger partial charge in [0.1, 0.15) is 11.6 Å². The summed E-state index contributed by atoms with van der Waals surface area (Å²) in [6.07, 6.45) is 3.60. The Bertz CT molecular complexity index is 922. The van der Waals surface area contributed by atoms with E-state index in [0.29, 0.717) is 43.1 Å². The van der Waals surface area contributed by atoms with Crippen molar-refractivity contribution < 1.29 is 9.32 Å². The predicted octanol–water partition coefficient (Wildman–Crippen LogP) is 1.54. The topological polar surface area (TPSA) is 116 Å². The Balaban J connectivity index is 1.68. The van der Waals surface area contributed by atoms with Gasteiger partial charge in [-0.2, -0.15) is 10.2 Å². The molecule has 0 aliphatic carbocycles. The number of H-pyrrole nitrogens is 1. The van der Waals surface area contributed by atoms with Crippen LogP contribution in [0.2, 0.25) is 0 Å². The van der Waals surface area contributed by atoms with Crippen molar-refractivity contribution in [2.24, 2.45) is 0 Å². The number of aryl methyl sites for hydroxylation is 2. The minimum atomic E-state index is -0.363. The minimum Gasteiger partial charge on any atom is -0.339 e. The number of nitrogens with one attached hydrogen (secondary N) is 1. The van der Waals surface area contributed by atoms with Gasteiger partial charge in [-0.25, -0.2) is 0 Å². The van der Waals surface area contributed by atoms with Crippen molar-refractivity contribution in [1.82, 2.24) is 20.0 Å². The molecule has 0 aromatic carbocycles. The molecule has 2 aromatic rings. The average Bonchev–Trinajstić information content (AvgIpc) is 3.04. The lowest BCUT2D eigenvalue weighted by Gasteiger charge is -2.25. The Labute approximate surface area is 150 Å². The second kappa shape index (κ2) is 7.52. The Morgan fingerprint density at radius 2 is 2.08 bits per heavy atom. The van der Waals surface area contributed by atoms with Crippen LogP contribution in [0.1, 0.15) is 53.4 Å². The second-order valence-electron chi connectivity index (χ2n) is 6.55. The molecule has 3 heterocycles. The third kappa shape index (κ3) is 3.67. The van der Waals surface area contributed by atoms with E-state index in [1.807, 2.05) is 13.0 Å². The number of pyridine rings is 1. The summed E-state index contributed by atoms with van der Waals surface area (Å²) in [5.74, 6) is 1.11. The van der Waals surface area contributed by atoms with E-state index in [2.05, 4.69) is 15.1 Å². The fourth-order valence-electron chi connectivity index (χ4n) is 3.31. The Hall–Kier alpha value is -2.95. The van der Waals surface area contributed by atoms with Gasteiger partial charge in [0.05, 0.1) is 6.54 Å². The van der Waals surface area contributed by atoms with Gasteiger partial charge in [0.2, 0.25) is 11.8 Å². The van der Waals surface area contributed by atoms with Gasteiger partial charge in [-0.1, -0.05) is 5.16 Å². The van der Waals surface area contributed by atoms with E-state index >= 15 is 0 Å². The molecule has 0 spiro atoms. The zero-order valence-electron chi connectivity index (χ0n) is 15.0. The summed E-state index contributed by atoms with van der Waals surface area (Å²) in [4.78, 5) is 32.5. The number of aromatic amines is 1. The van der Waals surface area contributed by atoms with Gasteiger partial charge in [-0.05, 0) is 44.2 Å². The number of amides is 1. The lowest BCUT2D eigenvalue weighted by molar-refractivity contribution is -0.134. The van der Waals surface area contributed by atoms with Crippen molar-refractivity contribution in [2.75, 3.05) is 6.54 Å². The molecule has 1 aliphatic heterocycles. The Morgan fingerprint density at radius 1 is 1.27 bits per heavy atom. The summed E-state index contributed by atoms with van der Waals surface area (Å²) in [6, 6.07) is 1.95. The van der Waals surface area contributed by atoms with Gasteiger partial charge < -0.3 is 14.4 Å². The number of carbonyl (C=O) groups excluding carboxylic acids is 1. The molecule has 26 heavy (non-hydrogen) atoms. The van der Waals surface area contributed by atoms with Crippen molar-refractivity contribution >= 4 is 5.91 Å². The van der Waals surface area contributed by atoms with Crippen LogP contribution in [0.5, 0.6) is 0 Å². The van der Waals surface area contributed by atoms with Crippen LogP contribution in [-0.4, -0.2) is 32.5 Å². The fraction of sp³-hybridized carbons (Fsp3) is 0.500. The highest BCUT2D eigenvalue weighted by Crippen LogP contribution is 2.16. The van der Waals surface area contributed by atoms with Crippen LogP contribution in [0, 0.1) is 25.2 Å². The second-order valence-corrected chi connectivity index (χ2v) is 6.55. The van der Waals surface area contributed by atoms with E-state index in [9.17, 15) is 9.59 Å². The smallest absolute Gasteiger partial charge is 0.266 e. The van der Waals surface area contributed by atoms with Crippen molar-refractivity contribution in [1.29, 1.82) is 5.26 Å². The zero-order chi connectivity index (χ0) is 18.7. The predicted molar refractivity (Wildman–Crippen MR) is 92.2 cm³/mol. The molecular formula is C18H21N5O3. The maximum atomic E-state index is 11.9. The number of hydrogen-bond donors (Lipinski definition) is 1. The molecule has 8 heteroatoms. The largest absolute Gasteiger partial charge is 0.339 e. The SMILES string of the molecule is Cc1[nH]c(=O)c(C#N)c(C)c1CCc1nc(CN2CCCCC2=O)no1. The van der Waals surface area contributed by atoms with Gasteiger partial charge in [-0.15, -0.1) is 0 Å². The van der Waals surface area contributed by atoms with Crippen LogP contribution in [-0.2, 0) is 24.2 Å². The Morgan fingerprint density at radius 3 is 2.81 bits per heavy atom. The molecule has 136 valence electrons. The molecule has 0 bridgehead atoms. The van der Waals surface area contributed by atoms with Crippen LogP contribution < -0.4 is 5.56 Å². The van der Waals surface area contributed by atoms with E-state index in [0.717, 1.165) is 30.6 Å². The van der Waals surface area contributed by atoms with Gasteiger partial charge in [0.25, 0.3) is 5.56 Å². The molecule has 8 nitrogen and oxygen atoms in total. The monoisotopic (exact) mass is 355 g/mol. The third-order valence-electron chi connectivity index (χ3n) is 4.77. The summed E-state index contributed by atoms with van der Waals surface area (Å²) in [7, 11) is 0. The molecule has 0 radical (unpaired) electrons. The summed E-state index contributed by atoms with van der Waals surface area (Å²) in [5, 5.41) is 13.1. The molecule has 0 saturated carbocycles. The first-order chi connectivity index (χ1) is 12.5. The summed E-state index contributed by atoms with van der Waals surface area (Å²) in [6.45, 7) is 4.69. The van der Waals surface area contributed by atoms with Crippen LogP contribution in [0.15, 0.2) is 9.32 Å². The molecule has 0 atom stereocenters. The van der Waals surface area contributed by atoms with Crippen molar-refractivity contribution in [3.8, 4) is 6.07 Å². The summed E-state index contributed by atoms with van der Waals surface area (Å²) < 4.78 is 5.29. The molecule has 1 N–H and O–H groups in total. The third-order valence-corrected chi connectivity index (χ3v) is 4.77. The van der Waals surface area contributed by atoms with E-state index in [1.54, 1.807) is 11.8 Å². The normalized spacial score (nSPS) is 14.5. The molecule has 1 amide bonds. The number of aromatic nitrogens is 3. The van der Waals surface area contributed by atoms with Gasteiger partial charge in [0.15, 0.2) is 5.82 Å². The number of piperidine rings is 1. The molecule has 3 rings (SSSR count). The van der Waals surface area contributed by atoms with Crippen LogP contribution in [0.3, 0.4) is 0 Å². The van der Waals surface area contributed by atoms with Gasteiger partial charge in [-0.3, -0.25) is 9.59 Å². The fourth-order valence-corrected chi connectivity index (χ4v) is 3.31. The first-order valence-corrected chi connectivity index (χ1v) is 8.71. The molecule has 1 saturated heterocycles. The van der Waals surface area contributed by atoms with Crippen LogP contribution in [0.4, 0.5) is 0 Å². The average molecular weight is 355 g/mol. The van der Waals surface area contributed by atoms with Crippen molar-refractivity contribution in [2.45, 2.75) is 52.5 Å². The number of hydrogen-bond acceptors (Lipinski definition) is 6.